The molecule has 112 valence electrons. The molecule has 0 bridgehead atoms. The number of amides is 1. The topological polar surface area (TPSA) is 78.6 Å². The van der Waals surface area contributed by atoms with E-state index >= 15 is 0 Å². The zero-order valence-corrected chi connectivity index (χ0v) is 13.0. The van der Waals surface area contributed by atoms with Crippen molar-refractivity contribution in [2.24, 2.45) is 0 Å². The molecule has 0 atom stereocenters. The molecule has 0 radical (unpaired) electrons. The number of hydrogen-bond acceptors (Lipinski definition) is 4. The summed E-state index contributed by atoms with van der Waals surface area (Å²) in [7, 11) is 0. The lowest BCUT2D eigenvalue weighted by Crippen LogP contribution is -2.39. The van der Waals surface area contributed by atoms with E-state index in [1.165, 1.54) is 12.1 Å². The fourth-order valence-corrected chi connectivity index (χ4v) is 2.29. The molecule has 0 aliphatic rings. The molecule has 0 spiro atoms. The molecule has 1 aromatic rings. The van der Waals surface area contributed by atoms with Crippen LogP contribution in [0.3, 0.4) is 0 Å². The fraction of sp³-hybridized carbons (Fsp3) is 0.462. The van der Waals surface area contributed by atoms with Crippen LogP contribution in [0.25, 0.3) is 0 Å². The minimum atomic E-state index is -0.247. The lowest BCUT2D eigenvalue weighted by Gasteiger charge is -2.25. The van der Waals surface area contributed by atoms with E-state index in [1.54, 1.807) is 0 Å². The Labute approximate surface area is 128 Å². The van der Waals surface area contributed by atoms with Gasteiger partial charge in [0.1, 0.15) is 0 Å². The molecule has 0 aliphatic carbocycles. The number of carbonyl (C=O) groups excluding carboxylic acids is 1. The zero-order chi connectivity index (χ0) is 15.3. The Kier molecular flexibility index (Phi) is 6.55. The van der Waals surface area contributed by atoms with Crippen molar-refractivity contribution in [1.82, 2.24) is 4.90 Å². The van der Waals surface area contributed by atoms with Crippen LogP contribution in [0.4, 0.5) is 11.4 Å². The Morgan fingerprint density at radius 3 is 2.60 bits per heavy atom. The molecule has 1 amide bonds. The van der Waals surface area contributed by atoms with Gasteiger partial charge in [0.25, 0.3) is 0 Å². The summed E-state index contributed by atoms with van der Waals surface area (Å²) in [5, 5.41) is 12.4. The van der Waals surface area contributed by atoms with Gasteiger partial charge < -0.3 is 16.2 Å². The van der Waals surface area contributed by atoms with Crippen molar-refractivity contribution in [3.63, 3.8) is 0 Å². The number of anilines is 2. The maximum Gasteiger partial charge on any atom is 0.238 e. The zero-order valence-electron chi connectivity index (χ0n) is 11.5. The summed E-state index contributed by atoms with van der Waals surface area (Å²) in [5.74, 6) is -0.247. The third-order valence-electron chi connectivity index (χ3n) is 2.81. The molecule has 7 heteroatoms. The van der Waals surface area contributed by atoms with Gasteiger partial charge in [-0.15, -0.1) is 0 Å². The summed E-state index contributed by atoms with van der Waals surface area (Å²) in [4.78, 5) is 13.9. The monoisotopic (exact) mass is 319 g/mol. The number of nitrogens with one attached hydrogen (secondary N) is 1. The van der Waals surface area contributed by atoms with Crippen LogP contribution in [0.2, 0.25) is 10.0 Å². The van der Waals surface area contributed by atoms with Gasteiger partial charge in [-0.25, -0.2) is 0 Å². The molecule has 4 N–H and O–H groups in total. The van der Waals surface area contributed by atoms with Gasteiger partial charge in [-0.05, 0) is 26.0 Å². The van der Waals surface area contributed by atoms with E-state index in [-0.39, 0.29) is 25.1 Å². The average Bonchev–Trinajstić information content (AvgIpc) is 2.33. The van der Waals surface area contributed by atoms with Crippen LogP contribution in [-0.4, -0.2) is 41.7 Å². The SMILES string of the molecule is CC(C)N(CCO)CC(=O)Nc1c(N)cc(Cl)cc1Cl. The molecule has 0 saturated carbocycles. The summed E-state index contributed by atoms with van der Waals surface area (Å²) in [5.41, 5.74) is 6.45. The maximum absolute atomic E-state index is 12.0. The number of halogens is 2. The van der Waals surface area contributed by atoms with Crippen molar-refractivity contribution in [3.05, 3.63) is 22.2 Å². The Hall–Kier alpha value is -1.01. The van der Waals surface area contributed by atoms with E-state index in [2.05, 4.69) is 5.32 Å². The molecule has 1 aromatic carbocycles. The average molecular weight is 320 g/mol. The second kappa shape index (κ2) is 7.69. The van der Waals surface area contributed by atoms with E-state index in [0.717, 1.165) is 0 Å². The van der Waals surface area contributed by atoms with Crippen molar-refractivity contribution in [2.45, 2.75) is 19.9 Å². The summed E-state index contributed by atoms with van der Waals surface area (Å²) in [6.45, 7) is 4.47. The normalized spacial score (nSPS) is 11.2. The van der Waals surface area contributed by atoms with Gasteiger partial charge in [0.2, 0.25) is 5.91 Å². The number of benzene rings is 1. The van der Waals surface area contributed by atoms with Gasteiger partial charge >= 0.3 is 0 Å². The van der Waals surface area contributed by atoms with Gasteiger partial charge in [-0.3, -0.25) is 9.69 Å². The third-order valence-corrected chi connectivity index (χ3v) is 3.33. The van der Waals surface area contributed by atoms with Crippen molar-refractivity contribution < 1.29 is 9.90 Å². The first-order valence-corrected chi connectivity index (χ1v) is 7.00. The number of hydrogen-bond donors (Lipinski definition) is 3. The molecule has 1 rings (SSSR count). The first-order chi connectivity index (χ1) is 9.35. The number of nitrogen functional groups attached to an aromatic ring is 1. The molecular weight excluding hydrogens is 301 g/mol. The van der Waals surface area contributed by atoms with E-state index in [0.29, 0.717) is 28.0 Å². The number of nitrogens with zero attached hydrogens (tertiary/aromatic N) is 1. The minimum Gasteiger partial charge on any atom is -0.397 e. The van der Waals surface area contributed by atoms with E-state index in [1.807, 2.05) is 18.7 Å². The summed E-state index contributed by atoms with van der Waals surface area (Å²) >= 11 is 11.8. The molecule has 0 heterocycles. The first kappa shape index (κ1) is 17.0. The molecule has 5 nitrogen and oxygen atoms in total. The molecule has 0 fully saturated rings. The van der Waals surface area contributed by atoms with E-state index in [9.17, 15) is 4.79 Å². The van der Waals surface area contributed by atoms with Crippen molar-refractivity contribution in [3.8, 4) is 0 Å². The lowest BCUT2D eigenvalue weighted by molar-refractivity contribution is -0.117. The number of aliphatic hydroxyl groups is 1. The standard InChI is InChI=1S/C13H19Cl2N3O2/c1-8(2)18(3-4-19)7-12(20)17-13-10(15)5-9(14)6-11(13)16/h5-6,8,19H,3-4,7,16H2,1-2H3,(H,17,20). The van der Waals surface area contributed by atoms with Crippen LogP contribution in [0.15, 0.2) is 12.1 Å². The highest BCUT2D eigenvalue weighted by molar-refractivity contribution is 6.37. The Morgan fingerprint density at radius 2 is 2.10 bits per heavy atom. The maximum atomic E-state index is 12.0. The Balaban J connectivity index is 2.76. The van der Waals surface area contributed by atoms with Crippen molar-refractivity contribution in [2.75, 3.05) is 30.7 Å². The molecule has 20 heavy (non-hydrogen) atoms. The number of carbonyl (C=O) groups is 1. The van der Waals surface area contributed by atoms with Crippen molar-refractivity contribution in [1.29, 1.82) is 0 Å². The quantitative estimate of drug-likeness (QED) is 0.702. The van der Waals surface area contributed by atoms with Crippen LogP contribution in [0.5, 0.6) is 0 Å². The second-order valence-corrected chi connectivity index (χ2v) is 5.53. The highest BCUT2D eigenvalue weighted by Crippen LogP contribution is 2.31. The van der Waals surface area contributed by atoms with E-state index < -0.39 is 0 Å². The molecule has 0 aromatic heterocycles. The van der Waals surface area contributed by atoms with Gasteiger partial charge in [-0.1, -0.05) is 23.2 Å². The van der Waals surface area contributed by atoms with E-state index in [4.69, 9.17) is 34.0 Å². The van der Waals surface area contributed by atoms with Gasteiger partial charge in [-0.2, -0.15) is 0 Å². The van der Waals surface area contributed by atoms with Crippen LogP contribution < -0.4 is 11.1 Å². The first-order valence-electron chi connectivity index (χ1n) is 6.24. The van der Waals surface area contributed by atoms with Gasteiger partial charge in [0.05, 0.1) is 29.5 Å². The minimum absolute atomic E-state index is 0.00466. The largest absolute Gasteiger partial charge is 0.397 e. The highest BCUT2D eigenvalue weighted by Gasteiger charge is 2.16. The fourth-order valence-electron chi connectivity index (χ4n) is 1.74. The Morgan fingerprint density at radius 1 is 1.45 bits per heavy atom. The van der Waals surface area contributed by atoms with Gasteiger partial charge in [0.15, 0.2) is 0 Å². The summed E-state index contributed by atoms with van der Waals surface area (Å²) < 4.78 is 0. The predicted molar refractivity (Wildman–Crippen MR) is 83.3 cm³/mol. The predicted octanol–water partition coefficient (Wildman–Crippen LogP) is 2.22. The number of nitrogens with two attached hydrogens (primary N) is 1. The molecule has 0 saturated heterocycles. The lowest BCUT2D eigenvalue weighted by atomic mass is 10.2. The summed E-state index contributed by atoms with van der Waals surface area (Å²) in [6.07, 6.45) is 0. The number of aliphatic hydroxyl groups excluding tert-OH is 1. The molecule has 0 unspecified atom stereocenters. The number of rotatable bonds is 6. The second-order valence-electron chi connectivity index (χ2n) is 4.69. The Bertz CT molecular complexity index is 458. The molecular formula is C13H19Cl2N3O2. The third kappa shape index (κ3) is 4.83. The summed E-state index contributed by atoms with van der Waals surface area (Å²) in [6, 6.07) is 3.19. The van der Waals surface area contributed by atoms with Crippen LogP contribution >= 0.6 is 23.2 Å². The van der Waals surface area contributed by atoms with Crippen LogP contribution in [0.1, 0.15) is 13.8 Å². The van der Waals surface area contributed by atoms with Crippen LogP contribution in [0, 0.1) is 0 Å². The molecule has 0 aliphatic heterocycles. The highest BCUT2D eigenvalue weighted by atomic mass is 35.5. The van der Waals surface area contributed by atoms with Gasteiger partial charge in [0, 0.05) is 17.6 Å². The van der Waals surface area contributed by atoms with Crippen LogP contribution in [-0.2, 0) is 4.79 Å². The smallest absolute Gasteiger partial charge is 0.238 e. The van der Waals surface area contributed by atoms with Crippen molar-refractivity contribution >= 4 is 40.5 Å².